The molecule has 2 heterocycles. The van der Waals surface area contributed by atoms with Gasteiger partial charge < -0.3 is 4.74 Å². The zero-order valence-corrected chi connectivity index (χ0v) is 22.5. The monoisotopic (exact) mass is 515 g/mol. The van der Waals surface area contributed by atoms with Crippen molar-refractivity contribution in [2.45, 2.75) is 95.8 Å². The van der Waals surface area contributed by atoms with Crippen LogP contribution in [0, 0.1) is 17.8 Å². The second-order valence-corrected chi connectivity index (χ2v) is 12.6. The minimum absolute atomic E-state index is 0.353. The van der Waals surface area contributed by atoms with E-state index < -0.39 is 0 Å². The van der Waals surface area contributed by atoms with Gasteiger partial charge in [-0.25, -0.2) is 4.68 Å². The second kappa shape index (κ2) is 10.4. The maximum absolute atomic E-state index is 6.65. The highest BCUT2D eigenvalue weighted by Crippen LogP contribution is 2.45. The Hall–Kier alpha value is -1.07. The molecule has 190 valence electrons. The van der Waals surface area contributed by atoms with Gasteiger partial charge in [-0.1, -0.05) is 61.9 Å². The Morgan fingerprint density at radius 1 is 1.00 bits per heavy atom. The Bertz CT molecular complexity index is 1000. The molecule has 0 spiro atoms. The van der Waals surface area contributed by atoms with E-state index in [9.17, 15) is 0 Å². The van der Waals surface area contributed by atoms with Gasteiger partial charge >= 0.3 is 0 Å². The number of benzene rings is 1. The molecule has 0 amide bonds. The van der Waals surface area contributed by atoms with E-state index >= 15 is 0 Å². The van der Waals surface area contributed by atoms with Crippen molar-refractivity contribution in [2.75, 3.05) is 13.1 Å². The second-order valence-electron chi connectivity index (χ2n) is 11.8. The van der Waals surface area contributed by atoms with Crippen molar-refractivity contribution < 1.29 is 4.74 Å². The van der Waals surface area contributed by atoms with Crippen LogP contribution in [0.3, 0.4) is 0 Å². The van der Waals surface area contributed by atoms with Gasteiger partial charge in [0.25, 0.3) is 0 Å². The molecule has 4 nitrogen and oxygen atoms in total. The minimum Gasteiger partial charge on any atom is -0.372 e. The fourth-order valence-electron chi connectivity index (χ4n) is 7.08. The van der Waals surface area contributed by atoms with Gasteiger partial charge in [-0.3, -0.25) is 4.90 Å². The summed E-state index contributed by atoms with van der Waals surface area (Å²) in [4.78, 5) is 2.81. The minimum atomic E-state index is 0.353. The molecule has 4 aliphatic rings. The fraction of sp³-hybridized carbons (Fsp3) is 0.690. The fourth-order valence-corrected chi connectivity index (χ4v) is 7.63. The first-order chi connectivity index (χ1) is 17.1. The summed E-state index contributed by atoms with van der Waals surface area (Å²) < 4.78 is 8.59. The standard InChI is InChI=1S/C29H39Cl2N3O/c1-19-5-2-7-20(8-3-6-19)16-33-17-22-13-23(33)14-28(22)35-18-27-24(21-11-12-21)15-32-34(27)29-25(30)9-4-10-26(29)31/h4,9-10,15,19-23,28H,2-3,5-8,11-14,16-18H2,1H3. The van der Waals surface area contributed by atoms with Crippen LogP contribution in [-0.2, 0) is 11.3 Å². The number of para-hydroxylation sites is 1. The Labute approximate surface area is 220 Å². The number of halogens is 2. The van der Waals surface area contributed by atoms with E-state index in [-0.39, 0.29) is 0 Å². The van der Waals surface area contributed by atoms with Crippen molar-refractivity contribution in [1.29, 1.82) is 0 Å². The highest BCUT2D eigenvalue weighted by Gasteiger charge is 2.45. The Balaban J connectivity index is 1.09. The van der Waals surface area contributed by atoms with E-state index in [2.05, 4.69) is 11.8 Å². The molecule has 2 bridgehead atoms. The molecule has 1 saturated heterocycles. The van der Waals surface area contributed by atoms with Gasteiger partial charge in [-0.15, -0.1) is 0 Å². The maximum atomic E-state index is 6.65. The van der Waals surface area contributed by atoms with Crippen LogP contribution in [0.5, 0.6) is 0 Å². The predicted molar refractivity (Wildman–Crippen MR) is 143 cm³/mol. The van der Waals surface area contributed by atoms with Crippen LogP contribution in [0.15, 0.2) is 24.4 Å². The molecule has 1 aromatic heterocycles. The average Bonchev–Trinajstić information content (AvgIpc) is 3.29. The lowest BCUT2D eigenvalue weighted by molar-refractivity contribution is -0.0152. The third-order valence-electron chi connectivity index (χ3n) is 9.20. The maximum Gasteiger partial charge on any atom is 0.102 e. The van der Waals surface area contributed by atoms with Crippen molar-refractivity contribution in [3.63, 3.8) is 0 Å². The number of piperidine rings is 1. The van der Waals surface area contributed by atoms with E-state index in [4.69, 9.17) is 33.0 Å². The molecule has 3 aliphatic carbocycles. The normalized spacial score (nSPS) is 31.6. The van der Waals surface area contributed by atoms with Crippen molar-refractivity contribution in [2.24, 2.45) is 17.8 Å². The molecule has 0 N–H and O–H groups in total. The van der Waals surface area contributed by atoms with Crippen molar-refractivity contribution in [3.05, 3.63) is 45.7 Å². The van der Waals surface area contributed by atoms with Crippen LogP contribution in [0.2, 0.25) is 10.0 Å². The SMILES string of the molecule is CC1CCCC(CN2CC3CC2CC3OCc2c(C3CC3)cnn2-c2c(Cl)cccc2Cl)CCC1. The summed E-state index contributed by atoms with van der Waals surface area (Å²) in [6.07, 6.45) is 15.9. The van der Waals surface area contributed by atoms with Gasteiger partial charge in [0, 0.05) is 19.1 Å². The first kappa shape index (κ1) is 24.3. The number of likely N-dealkylation sites (tertiary alicyclic amines) is 1. The van der Waals surface area contributed by atoms with E-state index in [1.165, 1.54) is 82.9 Å². The quantitative estimate of drug-likeness (QED) is 0.379. The number of ether oxygens (including phenoxy) is 1. The number of nitrogens with zero attached hydrogens (tertiary/aromatic N) is 3. The third-order valence-corrected chi connectivity index (χ3v) is 9.81. The summed E-state index contributed by atoms with van der Waals surface area (Å²) in [5.74, 6) is 3.10. The largest absolute Gasteiger partial charge is 0.372 e. The van der Waals surface area contributed by atoms with E-state index in [0.717, 1.165) is 23.2 Å². The van der Waals surface area contributed by atoms with Crippen LogP contribution in [0.1, 0.15) is 88.3 Å². The molecule has 3 atom stereocenters. The van der Waals surface area contributed by atoms with E-state index in [0.29, 0.717) is 40.6 Å². The van der Waals surface area contributed by atoms with Gasteiger partial charge in [-0.2, -0.15) is 5.10 Å². The third kappa shape index (κ3) is 5.19. The van der Waals surface area contributed by atoms with Gasteiger partial charge in [0.05, 0.1) is 34.6 Å². The molecule has 1 aliphatic heterocycles. The molecule has 4 fully saturated rings. The Morgan fingerprint density at radius 2 is 1.74 bits per heavy atom. The van der Waals surface area contributed by atoms with E-state index in [1.807, 2.05) is 29.1 Å². The summed E-state index contributed by atoms with van der Waals surface area (Å²) in [7, 11) is 0. The molecule has 3 unspecified atom stereocenters. The summed E-state index contributed by atoms with van der Waals surface area (Å²) in [5, 5.41) is 5.97. The highest BCUT2D eigenvalue weighted by atomic mass is 35.5. The first-order valence-corrected chi connectivity index (χ1v) is 14.7. The zero-order valence-electron chi connectivity index (χ0n) is 21.0. The molecule has 2 aromatic rings. The number of hydrogen-bond acceptors (Lipinski definition) is 3. The van der Waals surface area contributed by atoms with Crippen LogP contribution in [-0.4, -0.2) is 39.9 Å². The zero-order chi connectivity index (χ0) is 23.9. The summed E-state index contributed by atoms with van der Waals surface area (Å²) in [6, 6.07) is 6.36. The summed E-state index contributed by atoms with van der Waals surface area (Å²) in [6.45, 7) is 5.55. The van der Waals surface area contributed by atoms with Gasteiger partial charge in [0.1, 0.15) is 5.69 Å². The van der Waals surface area contributed by atoms with Crippen molar-refractivity contribution in [3.8, 4) is 5.69 Å². The molecule has 35 heavy (non-hydrogen) atoms. The number of fused-ring (bicyclic) bond motifs is 2. The van der Waals surface area contributed by atoms with Gasteiger partial charge in [0.15, 0.2) is 0 Å². The Kier molecular flexibility index (Phi) is 7.19. The van der Waals surface area contributed by atoms with Gasteiger partial charge in [0.2, 0.25) is 0 Å². The van der Waals surface area contributed by atoms with Crippen LogP contribution < -0.4 is 0 Å². The Morgan fingerprint density at radius 3 is 2.40 bits per heavy atom. The lowest BCUT2D eigenvalue weighted by Gasteiger charge is -2.35. The number of aromatic nitrogens is 2. The topological polar surface area (TPSA) is 30.3 Å². The number of hydrogen-bond donors (Lipinski definition) is 0. The number of rotatable bonds is 7. The van der Waals surface area contributed by atoms with Crippen molar-refractivity contribution in [1.82, 2.24) is 14.7 Å². The van der Waals surface area contributed by atoms with Crippen LogP contribution >= 0.6 is 23.2 Å². The molecule has 0 radical (unpaired) electrons. The first-order valence-electron chi connectivity index (χ1n) is 13.9. The molecule has 3 saturated carbocycles. The molecular formula is C29H39Cl2N3O. The van der Waals surface area contributed by atoms with Crippen LogP contribution in [0.25, 0.3) is 5.69 Å². The predicted octanol–water partition coefficient (Wildman–Crippen LogP) is 7.64. The summed E-state index contributed by atoms with van der Waals surface area (Å²) >= 11 is 13.1. The van der Waals surface area contributed by atoms with Crippen LogP contribution in [0.4, 0.5) is 0 Å². The average molecular weight is 517 g/mol. The van der Waals surface area contributed by atoms with Gasteiger partial charge in [-0.05, 0) is 79.9 Å². The molecule has 6 rings (SSSR count). The summed E-state index contributed by atoms with van der Waals surface area (Å²) in [5.41, 5.74) is 3.21. The smallest absolute Gasteiger partial charge is 0.102 e. The van der Waals surface area contributed by atoms with E-state index in [1.54, 1.807) is 0 Å². The molecular weight excluding hydrogens is 477 g/mol. The lowest BCUT2D eigenvalue weighted by atomic mass is 9.86. The highest BCUT2D eigenvalue weighted by molar-refractivity contribution is 6.37. The lowest BCUT2D eigenvalue weighted by Crippen LogP contribution is -2.41. The molecule has 1 aromatic carbocycles. The van der Waals surface area contributed by atoms with Crippen molar-refractivity contribution >= 4 is 23.2 Å². The molecule has 6 heteroatoms.